The van der Waals surface area contributed by atoms with Crippen LogP contribution in [-0.2, 0) is 0 Å². The monoisotopic (exact) mass is 514 g/mol. The Kier molecular flexibility index (Phi) is 4.97. The summed E-state index contributed by atoms with van der Waals surface area (Å²) in [5, 5.41) is 13.7. The highest BCUT2D eigenvalue weighted by Crippen LogP contribution is 2.49. The largest absolute Gasteiger partial charge is 0.489 e. The van der Waals surface area contributed by atoms with Crippen LogP contribution in [-0.4, -0.2) is 74.0 Å². The highest BCUT2D eigenvalue weighted by molar-refractivity contribution is 6.37. The Hall–Kier alpha value is -4.06. The molecule has 2 aliphatic heterocycles. The molecule has 0 radical (unpaired) electrons. The van der Waals surface area contributed by atoms with Crippen molar-refractivity contribution in [2.75, 3.05) is 31.1 Å². The van der Waals surface area contributed by atoms with E-state index in [2.05, 4.69) is 15.1 Å². The van der Waals surface area contributed by atoms with Gasteiger partial charge in [0.1, 0.15) is 30.1 Å². The van der Waals surface area contributed by atoms with Crippen LogP contribution in [0.2, 0.25) is 5.02 Å². The summed E-state index contributed by atoms with van der Waals surface area (Å²) in [5.74, 6) is -1.61. The van der Waals surface area contributed by atoms with E-state index in [1.54, 1.807) is 0 Å². The number of piperazine rings is 1. The summed E-state index contributed by atoms with van der Waals surface area (Å²) >= 11 is 6.72. The Bertz CT molecular complexity index is 1610. The van der Waals surface area contributed by atoms with E-state index in [1.165, 1.54) is 30.4 Å². The van der Waals surface area contributed by atoms with Crippen LogP contribution in [0.5, 0.6) is 5.75 Å². The second-order valence-electron chi connectivity index (χ2n) is 8.57. The number of halogens is 3. The minimum absolute atomic E-state index is 0.0367. The molecule has 2 aliphatic rings. The third kappa shape index (κ3) is 3.10. The molecular formula is C23H17ClF2N6O4. The van der Waals surface area contributed by atoms with Gasteiger partial charge in [-0.1, -0.05) is 11.6 Å². The van der Waals surface area contributed by atoms with Crippen molar-refractivity contribution in [3.63, 3.8) is 0 Å². The normalized spacial score (nSPS) is 17.2. The molecule has 4 aromatic rings. The van der Waals surface area contributed by atoms with Gasteiger partial charge in [-0.05, 0) is 12.1 Å². The van der Waals surface area contributed by atoms with Crippen molar-refractivity contribution >= 4 is 51.2 Å². The predicted molar refractivity (Wildman–Crippen MR) is 126 cm³/mol. The summed E-state index contributed by atoms with van der Waals surface area (Å²) < 4.78 is 38.5. The molecule has 6 rings (SSSR count). The lowest BCUT2D eigenvalue weighted by Gasteiger charge is -2.39. The van der Waals surface area contributed by atoms with Crippen LogP contribution in [0.25, 0.3) is 32.9 Å². The van der Waals surface area contributed by atoms with E-state index in [0.29, 0.717) is 12.4 Å². The third-order valence-corrected chi connectivity index (χ3v) is 6.96. The van der Waals surface area contributed by atoms with Gasteiger partial charge in [-0.3, -0.25) is 4.79 Å². The van der Waals surface area contributed by atoms with Crippen LogP contribution >= 0.6 is 11.6 Å². The molecular weight excluding hydrogens is 498 g/mol. The molecule has 4 heterocycles. The second-order valence-corrected chi connectivity index (χ2v) is 8.95. The zero-order valence-corrected chi connectivity index (χ0v) is 19.5. The van der Waals surface area contributed by atoms with Crippen LogP contribution in [0.15, 0.2) is 24.7 Å². The van der Waals surface area contributed by atoms with Gasteiger partial charge in [0.15, 0.2) is 11.6 Å². The number of rotatable bonds is 1. The standard InChI is InChI=1S/C23H17ClF2N6O4/c1-10(33)32-14-3-2-13(25)15(12(14)6-29-32)16-18(24)21-17-20(19(16)26)27-9-28-22(17)31-5-4-30(23(34)35)7-11(31)8-36-21/h2-3,6,9,11H,4-5,7-8H2,1H3,(H,34,35)/t11-/m0/s1. The fourth-order valence-electron chi connectivity index (χ4n) is 4.97. The van der Waals surface area contributed by atoms with E-state index in [0.717, 1.165) is 10.7 Å². The first-order valence-electron chi connectivity index (χ1n) is 11.0. The quantitative estimate of drug-likeness (QED) is 0.408. The number of nitrogens with zero attached hydrogens (tertiary/aromatic N) is 6. The average Bonchev–Trinajstić information content (AvgIpc) is 3.21. The lowest BCUT2D eigenvalue weighted by Crippen LogP contribution is -2.56. The number of aromatic nitrogens is 4. The minimum Gasteiger partial charge on any atom is -0.489 e. The zero-order chi connectivity index (χ0) is 25.3. The van der Waals surface area contributed by atoms with E-state index >= 15 is 8.78 Å². The molecule has 1 saturated heterocycles. The Labute approximate surface area is 206 Å². The molecule has 36 heavy (non-hydrogen) atoms. The van der Waals surface area contributed by atoms with E-state index in [1.807, 2.05) is 4.90 Å². The third-order valence-electron chi connectivity index (χ3n) is 6.60. The molecule has 1 N–H and O–H groups in total. The maximum absolute atomic E-state index is 16.1. The van der Waals surface area contributed by atoms with Crippen molar-refractivity contribution < 1.29 is 28.2 Å². The molecule has 1 amide bonds. The number of amides is 1. The highest BCUT2D eigenvalue weighted by Gasteiger charge is 2.37. The fraction of sp³-hybridized carbons (Fsp3) is 0.261. The molecule has 0 spiro atoms. The summed E-state index contributed by atoms with van der Waals surface area (Å²) in [5.41, 5.74) is -0.285. The van der Waals surface area contributed by atoms with Crippen LogP contribution in [0.3, 0.4) is 0 Å². The van der Waals surface area contributed by atoms with Crippen LogP contribution in [0.4, 0.5) is 19.4 Å². The Morgan fingerprint density at radius 1 is 1.19 bits per heavy atom. The molecule has 0 bridgehead atoms. The Balaban J connectivity index is 1.61. The first-order chi connectivity index (χ1) is 17.3. The number of ether oxygens (including phenoxy) is 1. The van der Waals surface area contributed by atoms with E-state index in [9.17, 15) is 14.7 Å². The summed E-state index contributed by atoms with van der Waals surface area (Å²) in [6.45, 7) is 2.04. The number of carboxylic acid groups (broad SMARTS) is 1. The number of benzene rings is 2. The molecule has 10 nitrogen and oxygen atoms in total. The summed E-state index contributed by atoms with van der Waals surface area (Å²) in [4.78, 5) is 35.1. The van der Waals surface area contributed by atoms with E-state index < -0.39 is 29.7 Å². The maximum atomic E-state index is 16.1. The highest BCUT2D eigenvalue weighted by atomic mass is 35.5. The number of hydrogen-bond donors (Lipinski definition) is 1. The molecule has 0 saturated carbocycles. The summed E-state index contributed by atoms with van der Waals surface area (Å²) in [6.07, 6.45) is 1.42. The van der Waals surface area contributed by atoms with Gasteiger partial charge in [0.2, 0.25) is 5.91 Å². The summed E-state index contributed by atoms with van der Waals surface area (Å²) in [7, 11) is 0. The van der Waals surface area contributed by atoms with Crippen LogP contribution < -0.4 is 9.64 Å². The lowest BCUT2D eigenvalue weighted by molar-refractivity contribution is 0.0926. The topological polar surface area (TPSA) is 114 Å². The average molecular weight is 515 g/mol. The Morgan fingerprint density at radius 3 is 2.75 bits per heavy atom. The van der Waals surface area contributed by atoms with Gasteiger partial charge in [-0.15, -0.1) is 0 Å². The van der Waals surface area contributed by atoms with Crippen LogP contribution in [0.1, 0.15) is 11.7 Å². The van der Waals surface area contributed by atoms with Crippen molar-refractivity contribution in [1.82, 2.24) is 24.6 Å². The number of hydrogen-bond acceptors (Lipinski definition) is 7. The molecule has 0 unspecified atom stereocenters. The van der Waals surface area contributed by atoms with E-state index in [-0.39, 0.29) is 63.4 Å². The predicted octanol–water partition coefficient (Wildman–Crippen LogP) is 3.80. The van der Waals surface area contributed by atoms with Crippen molar-refractivity contribution in [3.8, 4) is 16.9 Å². The first-order valence-corrected chi connectivity index (χ1v) is 11.4. The number of anilines is 1. The van der Waals surface area contributed by atoms with E-state index in [4.69, 9.17) is 16.3 Å². The Morgan fingerprint density at radius 2 is 2.00 bits per heavy atom. The SMILES string of the molecule is CC(=O)n1ncc2c(-c3c(Cl)c4c5c(ncnc5c3F)N3CCN(C(=O)O)C[C@H]3CO4)c(F)ccc21. The molecule has 2 aromatic heterocycles. The molecule has 184 valence electrons. The van der Waals surface area contributed by atoms with Crippen molar-refractivity contribution in [2.45, 2.75) is 13.0 Å². The molecule has 2 aromatic carbocycles. The molecule has 0 aliphatic carbocycles. The maximum Gasteiger partial charge on any atom is 0.407 e. The molecule has 1 atom stereocenters. The fourth-order valence-corrected chi connectivity index (χ4v) is 5.30. The smallest absolute Gasteiger partial charge is 0.407 e. The number of fused-ring (bicyclic) bond motifs is 3. The lowest BCUT2D eigenvalue weighted by atomic mass is 9.98. The zero-order valence-electron chi connectivity index (χ0n) is 18.7. The van der Waals surface area contributed by atoms with Crippen molar-refractivity contribution in [2.24, 2.45) is 0 Å². The first kappa shape index (κ1) is 22.4. The summed E-state index contributed by atoms with van der Waals surface area (Å²) in [6, 6.07) is 2.09. The van der Waals surface area contributed by atoms with Gasteiger partial charge in [-0.25, -0.2) is 28.2 Å². The van der Waals surface area contributed by atoms with Gasteiger partial charge in [0, 0.05) is 43.1 Å². The van der Waals surface area contributed by atoms with Gasteiger partial charge < -0.3 is 19.6 Å². The van der Waals surface area contributed by atoms with Gasteiger partial charge in [-0.2, -0.15) is 5.10 Å². The van der Waals surface area contributed by atoms with Crippen molar-refractivity contribution in [3.05, 3.63) is 41.3 Å². The number of carbonyl (C=O) groups is 2. The second kappa shape index (κ2) is 7.98. The van der Waals surface area contributed by atoms with Gasteiger partial charge in [0.05, 0.1) is 28.2 Å². The minimum atomic E-state index is -1.05. The van der Waals surface area contributed by atoms with Gasteiger partial charge in [0.25, 0.3) is 0 Å². The molecule has 13 heteroatoms. The number of carbonyl (C=O) groups excluding carboxylic acids is 1. The van der Waals surface area contributed by atoms with Crippen LogP contribution in [0, 0.1) is 11.6 Å². The van der Waals surface area contributed by atoms with Gasteiger partial charge >= 0.3 is 6.09 Å². The van der Waals surface area contributed by atoms with Crippen molar-refractivity contribution in [1.29, 1.82) is 0 Å². The molecule has 1 fully saturated rings.